The lowest BCUT2D eigenvalue weighted by Gasteiger charge is -2.36. The van der Waals surface area contributed by atoms with Gasteiger partial charge in [0.1, 0.15) is 0 Å². The molecule has 0 spiro atoms. The lowest BCUT2D eigenvalue weighted by Crippen LogP contribution is -2.51. The maximum Gasteiger partial charge on any atom is 0.241 e. The van der Waals surface area contributed by atoms with Crippen molar-refractivity contribution in [3.8, 4) is 0 Å². The highest BCUT2D eigenvalue weighted by molar-refractivity contribution is 6.42. The Morgan fingerprint density at radius 2 is 1.73 bits per heavy atom. The Balaban J connectivity index is 1.62. The van der Waals surface area contributed by atoms with E-state index in [9.17, 15) is 9.59 Å². The summed E-state index contributed by atoms with van der Waals surface area (Å²) >= 11 is 11.9. The number of hydrogen-bond donors (Lipinski definition) is 1. The number of piperidine rings is 2. The number of benzene rings is 1. The summed E-state index contributed by atoms with van der Waals surface area (Å²) < 4.78 is 0. The van der Waals surface area contributed by atoms with Crippen LogP contribution in [0.4, 0.5) is 5.69 Å². The van der Waals surface area contributed by atoms with Crippen molar-refractivity contribution in [1.29, 1.82) is 0 Å². The molecule has 2 amide bonds. The zero-order chi connectivity index (χ0) is 18.5. The van der Waals surface area contributed by atoms with Gasteiger partial charge >= 0.3 is 0 Å². The van der Waals surface area contributed by atoms with E-state index in [1.807, 2.05) is 9.80 Å². The van der Waals surface area contributed by atoms with Gasteiger partial charge in [0, 0.05) is 18.8 Å². The summed E-state index contributed by atoms with van der Waals surface area (Å²) in [5, 5.41) is 3.78. The molecule has 0 aromatic heterocycles. The van der Waals surface area contributed by atoms with Gasteiger partial charge in [-0.2, -0.15) is 0 Å². The molecule has 1 atom stereocenters. The molecule has 0 aliphatic carbocycles. The molecule has 5 nitrogen and oxygen atoms in total. The maximum absolute atomic E-state index is 12.8. The predicted octanol–water partition coefficient (Wildman–Crippen LogP) is 3.80. The fraction of sp³-hybridized carbons (Fsp3) is 0.579. The lowest BCUT2D eigenvalue weighted by atomic mass is 10.0. The number of carbonyl (C=O) groups excluding carboxylic acids is 2. The number of nitrogens with zero attached hydrogens (tertiary/aromatic N) is 2. The SMILES string of the molecule is O=C(Nc1ccc(Cl)c(Cl)c1)C1CCCCN1CC(=O)N1CCCCC1. The van der Waals surface area contributed by atoms with Crippen molar-refractivity contribution in [3.63, 3.8) is 0 Å². The molecule has 7 heteroatoms. The van der Waals surface area contributed by atoms with Gasteiger partial charge in [0.15, 0.2) is 0 Å². The zero-order valence-electron chi connectivity index (χ0n) is 14.8. The number of rotatable bonds is 4. The molecule has 3 rings (SSSR count). The van der Waals surface area contributed by atoms with E-state index in [-0.39, 0.29) is 17.9 Å². The Labute approximate surface area is 164 Å². The first-order chi connectivity index (χ1) is 12.5. The topological polar surface area (TPSA) is 52.7 Å². The van der Waals surface area contributed by atoms with Gasteiger partial charge in [-0.3, -0.25) is 14.5 Å². The third-order valence-electron chi connectivity index (χ3n) is 5.15. The number of halogens is 2. The van der Waals surface area contributed by atoms with Gasteiger partial charge in [-0.25, -0.2) is 0 Å². The quantitative estimate of drug-likeness (QED) is 0.840. The third-order valence-corrected chi connectivity index (χ3v) is 5.89. The average molecular weight is 398 g/mol. The first kappa shape index (κ1) is 19.5. The number of carbonyl (C=O) groups is 2. The van der Waals surface area contributed by atoms with E-state index >= 15 is 0 Å². The van der Waals surface area contributed by atoms with Crippen LogP contribution in [-0.4, -0.2) is 53.8 Å². The molecule has 2 fully saturated rings. The van der Waals surface area contributed by atoms with Crippen LogP contribution in [0.1, 0.15) is 38.5 Å². The van der Waals surface area contributed by atoms with Crippen molar-refractivity contribution in [2.75, 3.05) is 31.5 Å². The van der Waals surface area contributed by atoms with E-state index in [2.05, 4.69) is 5.32 Å². The van der Waals surface area contributed by atoms with Crippen LogP contribution in [0, 0.1) is 0 Å². The molecule has 2 aliphatic heterocycles. The third kappa shape index (κ3) is 4.90. The van der Waals surface area contributed by atoms with E-state index < -0.39 is 0 Å². The monoisotopic (exact) mass is 397 g/mol. The Kier molecular flexibility index (Phi) is 6.79. The number of anilines is 1. The van der Waals surface area contributed by atoms with Gasteiger partial charge in [-0.05, 0) is 56.8 Å². The average Bonchev–Trinajstić information content (AvgIpc) is 2.66. The number of amides is 2. The fourth-order valence-electron chi connectivity index (χ4n) is 3.69. The maximum atomic E-state index is 12.8. The van der Waals surface area contributed by atoms with Gasteiger partial charge in [-0.15, -0.1) is 0 Å². The summed E-state index contributed by atoms with van der Waals surface area (Å²) in [6.07, 6.45) is 6.13. The molecule has 2 aliphatic rings. The van der Waals surface area contributed by atoms with E-state index in [0.717, 1.165) is 51.7 Å². The first-order valence-corrected chi connectivity index (χ1v) is 10.1. The second kappa shape index (κ2) is 9.07. The molecule has 142 valence electrons. The summed E-state index contributed by atoms with van der Waals surface area (Å²) in [5.74, 6) is 0.0495. The minimum atomic E-state index is -0.285. The first-order valence-electron chi connectivity index (χ1n) is 9.32. The summed E-state index contributed by atoms with van der Waals surface area (Å²) in [5.41, 5.74) is 0.622. The highest BCUT2D eigenvalue weighted by atomic mass is 35.5. The van der Waals surface area contributed by atoms with Crippen LogP contribution in [0.5, 0.6) is 0 Å². The Bertz CT molecular complexity index is 662. The lowest BCUT2D eigenvalue weighted by molar-refractivity contribution is -0.135. The van der Waals surface area contributed by atoms with Crippen LogP contribution in [0.3, 0.4) is 0 Å². The second-order valence-electron chi connectivity index (χ2n) is 7.04. The summed E-state index contributed by atoms with van der Waals surface area (Å²) in [6, 6.07) is 4.76. The molecular weight excluding hydrogens is 373 g/mol. The Hall–Kier alpha value is -1.30. The van der Waals surface area contributed by atoms with Crippen molar-refractivity contribution in [2.45, 2.75) is 44.6 Å². The van der Waals surface area contributed by atoms with Crippen LogP contribution in [-0.2, 0) is 9.59 Å². The number of hydrogen-bond acceptors (Lipinski definition) is 3. The van der Waals surface area contributed by atoms with Crippen molar-refractivity contribution in [1.82, 2.24) is 9.80 Å². The second-order valence-corrected chi connectivity index (χ2v) is 7.86. The Morgan fingerprint density at radius 1 is 1.00 bits per heavy atom. The molecule has 1 aromatic carbocycles. The predicted molar refractivity (Wildman–Crippen MR) is 105 cm³/mol. The molecule has 1 aromatic rings. The molecule has 1 N–H and O–H groups in total. The molecule has 1 unspecified atom stereocenters. The molecule has 0 bridgehead atoms. The van der Waals surface area contributed by atoms with Crippen LogP contribution in [0.2, 0.25) is 10.0 Å². The van der Waals surface area contributed by atoms with Gasteiger partial charge < -0.3 is 10.2 Å². The minimum absolute atomic E-state index is 0.0884. The van der Waals surface area contributed by atoms with Crippen molar-refractivity contribution >= 4 is 40.7 Å². The molecular formula is C19H25Cl2N3O2. The van der Waals surface area contributed by atoms with E-state index in [4.69, 9.17) is 23.2 Å². The number of likely N-dealkylation sites (tertiary alicyclic amines) is 2. The molecule has 2 heterocycles. The largest absolute Gasteiger partial charge is 0.342 e. The molecule has 0 radical (unpaired) electrons. The van der Waals surface area contributed by atoms with Crippen molar-refractivity contribution < 1.29 is 9.59 Å². The van der Waals surface area contributed by atoms with Gasteiger partial charge in [-0.1, -0.05) is 29.6 Å². The van der Waals surface area contributed by atoms with Gasteiger partial charge in [0.25, 0.3) is 0 Å². The van der Waals surface area contributed by atoms with Crippen molar-refractivity contribution in [3.05, 3.63) is 28.2 Å². The zero-order valence-corrected chi connectivity index (χ0v) is 16.4. The highest BCUT2D eigenvalue weighted by Gasteiger charge is 2.31. The smallest absolute Gasteiger partial charge is 0.241 e. The molecule has 0 saturated carbocycles. The van der Waals surface area contributed by atoms with Crippen LogP contribution in [0.15, 0.2) is 18.2 Å². The fourth-order valence-corrected chi connectivity index (χ4v) is 3.99. The summed E-state index contributed by atoms with van der Waals surface area (Å²) in [4.78, 5) is 29.3. The van der Waals surface area contributed by atoms with Gasteiger partial charge in [0.2, 0.25) is 11.8 Å². The Morgan fingerprint density at radius 3 is 2.46 bits per heavy atom. The standard InChI is InChI=1S/C19H25Cl2N3O2/c20-15-8-7-14(12-16(15)21)22-19(26)17-6-2-5-11-24(17)13-18(25)23-9-3-1-4-10-23/h7-8,12,17H,1-6,9-11,13H2,(H,22,26). The van der Waals surface area contributed by atoms with Crippen LogP contribution >= 0.6 is 23.2 Å². The van der Waals surface area contributed by atoms with E-state index in [1.165, 1.54) is 6.42 Å². The van der Waals surface area contributed by atoms with Crippen LogP contribution < -0.4 is 5.32 Å². The normalized spacial score (nSPS) is 21.5. The summed E-state index contributed by atoms with van der Waals surface area (Å²) in [6.45, 7) is 2.78. The van der Waals surface area contributed by atoms with Gasteiger partial charge in [0.05, 0.1) is 22.6 Å². The number of nitrogens with one attached hydrogen (secondary N) is 1. The minimum Gasteiger partial charge on any atom is -0.342 e. The highest BCUT2D eigenvalue weighted by Crippen LogP contribution is 2.26. The van der Waals surface area contributed by atoms with E-state index in [0.29, 0.717) is 22.3 Å². The van der Waals surface area contributed by atoms with E-state index in [1.54, 1.807) is 18.2 Å². The molecule has 26 heavy (non-hydrogen) atoms. The summed E-state index contributed by atoms with van der Waals surface area (Å²) in [7, 11) is 0. The van der Waals surface area contributed by atoms with Crippen molar-refractivity contribution in [2.24, 2.45) is 0 Å². The van der Waals surface area contributed by atoms with Crippen LogP contribution in [0.25, 0.3) is 0 Å². The molecule has 2 saturated heterocycles.